The molecular weight excluding hydrogens is 935 g/mol. The van der Waals surface area contributed by atoms with Crippen molar-refractivity contribution < 1.29 is 52.9 Å². The number of alkyl carbamates (subject to hydrolysis) is 1. The third kappa shape index (κ3) is 22.2. The second-order valence-corrected chi connectivity index (χ2v) is 20.6. The fraction of sp³-hybridized carbons (Fsp3) is 0.527. The highest BCUT2D eigenvalue weighted by molar-refractivity contribution is 5.95. The van der Waals surface area contributed by atoms with Crippen molar-refractivity contribution in [3.05, 3.63) is 108 Å². The van der Waals surface area contributed by atoms with Gasteiger partial charge in [0.2, 0.25) is 35.4 Å². The minimum atomic E-state index is -1.45. The average Bonchev–Trinajstić information content (AvgIpc) is 3.31. The van der Waals surface area contributed by atoms with Gasteiger partial charge in [0.15, 0.2) is 0 Å². The number of esters is 1. The van der Waals surface area contributed by atoms with E-state index in [0.717, 1.165) is 5.56 Å². The van der Waals surface area contributed by atoms with Crippen LogP contribution in [-0.4, -0.2) is 114 Å². The van der Waals surface area contributed by atoms with Gasteiger partial charge in [-0.15, -0.1) is 0 Å². The predicted molar refractivity (Wildman–Crippen MR) is 277 cm³/mol. The quantitative estimate of drug-likeness (QED) is 0.0502. The molecule has 0 unspecified atom stereocenters. The molecular formula is C55H79N7O11. The maximum atomic E-state index is 14.1. The van der Waals surface area contributed by atoms with Gasteiger partial charge in [-0.2, -0.15) is 0 Å². The monoisotopic (exact) mass is 1010 g/mol. The molecule has 0 saturated carbocycles. The fourth-order valence-electron chi connectivity index (χ4n) is 7.87. The van der Waals surface area contributed by atoms with Crippen molar-refractivity contribution in [2.75, 3.05) is 7.11 Å². The number of hydrogen-bond donors (Lipinski definition) is 8. The lowest BCUT2D eigenvalue weighted by atomic mass is 9.96. The number of nitrogens with one attached hydrogen (secondary N) is 7. The van der Waals surface area contributed by atoms with Gasteiger partial charge < -0.3 is 51.8 Å². The Kier molecular flexibility index (Phi) is 24.6. The number of ether oxygens (including phenoxy) is 2. The number of aliphatic hydroxyl groups excluding tert-OH is 1. The Morgan fingerprint density at radius 2 is 0.932 bits per heavy atom. The highest BCUT2D eigenvalue weighted by Crippen LogP contribution is 2.15. The molecule has 400 valence electrons. The van der Waals surface area contributed by atoms with Gasteiger partial charge in [-0.3, -0.25) is 28.8 Å². The summed E-state index contributed by atoms with van der Waals surface area (Å²) in [6, 6.07) is 19.1. The van der Waals surface area contributed by atoms with Crippen molar-refractivity contribution in [1.29, 1.82) is 0 Å². The number of benzene rings is 3. The van der Waals surface area contributed by atoms with Crippen molar-refractivity contribution in [3.63, 3.8) is 0 Å². The lowest BCUT2D eigenvalue weighted by Gasteiger charge is -2.29. The molecule has 0 heterocycles. The maximum Gasteiger partial charge on any atom is 0.408 e. The number of methoxy groups -OCH3 is 1. The van der Waals surface area contributed by atoms with Crippen LogP contribution in [0.25, 0.3) is 0 Å². The molecule has 0 radical (unpaired) electrons. The van der Waals surface area contributed by atoms with E-state index in [1.807, 2.05) is 33.8 Å². The Morgan fingerprint density at radius 3 is 1.37 bits per heavy atom. The van der Waals surface area contributed by atoms with Gasteiger partial charge in [0, 0.05) is 19.3 Å². The number of carbonyl (C=O) groups is 8. The molecule has 0 fully saturated rings. The van der Waals surface area contributed by atoms with Gasteiger partial charge >= 0.3 is 12.1 Å². The molecule has 8 atom stereocenters. The summed E-state index contributed by atoms with van der Waals surface area (Å²) in [5, 5.41) is 30.7. The summed E-state index contributed by atoms with van der Waals surface area (Å²) in [4.78, 5) is 109. The molecule has 0 saturated heterocycles. The maximum absolute atomic E-state index is 14.1. The fourth-order valence-corrected chi connectivity index (χ4v) is 7.87. The highest BCUT2D eigenvalue weighted by Gasteiger charge is 2.35. The minimum Gasteiger partial charge on any atom is -0.467 e. The Labute approximate surface area is 430 Å². The lowest BCUT2D eigenvalue weighted by molar-refractivity contribution is -0.146. The van der Waals surface area contributed by atoms with Crippen molar-refractivity contribution in [2.45, 2.75) is 162 Å². The van der Waals surface area contributed by atoms with Gasteiger partial charge in [0.25, 0.3) is 0 Å². The Balaban J connectivity index is 1.79. The van der Waals surface area contributed by atoms with Crippen molar-refractivity contribution in [2.24, 2.45) is 17.8 Å². The van der Waals surface area contributed by atoms with Crippen LogP contribution >= 0.6 is 0 Å². The molecule has 73 heavy (non-hydrogen) atoms. The molecule has 18 heteroatoms. The molecule has 3 aromatic carbocycles. The average molecular weight is 1010 g/mol. The molecule has 0 aliphatic carbocycles. The minimum absolute atomic E-state index is 0.0299. The lowest BCUT2D eigenvalue weighted by Crippen LogP contribution is -2.59. The van der Waals surface area contributed by atoms with E-state index in [1.165, 1.54) is 14.0 Å². The summed E-state index contributed by atoms with van der Waals surface area (Å²) >= 11 is 0. The van der Waals surface area contributed by atoms with Crippen molar-refractivity contribution >= 4 is 47.5 Å². The first-order valence-corrected chi connectivity index (χ1v) is 25.0. The first-order valence-electron chi connectivity index (χ1n) is 25.0. The molecule has 0 aliphatic rings. The predicted octanol–water partition coefficient (Wildman–Crippen LogP) is 4.21. The second-order valence-electron chi connectivity index (χ2n) is 20.6. The third-order valence-corrected chi connectivity index (χ3v) is 11.6. The Bertz CT molecular complexity index is 2260. The van der Waals surface area contributed by atoms with Crippen LogP contribution in [-0.2, 0) is 62.3 Å². The van der Waals surface area contributed by atoms with Crippen LogP contribution in [0.3, 0.4) is 0 Å². The second kappa shape index (κ2) is 29.6. The Hall–Kier alpha value is -6.82. The normalized spacial score (nSPS) is 14.7. The van der Waals surface area contributed by atoms with Gasteiger partial charge in [0.1, 0.15) is 41.9 Å². The zero-order valence-corrected chi connectivity index (χ0v) is 44.3. The van der Waals surface area contributed by atoms with Gasteiger partial charge in [-0.05, 0) is 75.0 Å². The molecule has 18 nitrogen and oxygen atoms in total. The van der Waals surface area contributed by atoms with E-state index in [9.17, 15) is 43.5 Å². The SMILES string of the molecule is COC(=O)[C@H](CC(C)C)NC(=O)[C@@H](NC(=O)[C@H](Cc1ccccc1)NC(=O)C[C@H](O)[C@H](CC(C)C)NC(=O)[C@H](C)NC(=O)[C@H](Cc1ccccc1)NC(=O)[C@H](Cc1ccccc1)NC(=O)OC(C)(C)C)C(C)C. The van der Waals surface area contributed by atoms with Crippen LogP contribution in [0.4, 0.5) is 4.79 Å². The van der Waals surface area contributed by atoms with Crippen LogP contribution in [0.5, 0.6) is 0 Å². The number of rotatable bonds is 27. The number of hydrogen-bond acceptors (Lipinski definition) is 11. The topological polar surface area (TPSA) is 259 Å². The first-order chi connectivity index (χ1) is 34.3. The van der Waals surface area contributed by atoms with E-state index in [2.05, 4.69) is 37.2 Å². The number of carbonyl (C=O) groups excluding carboxylic acids is 8. The van der Waals surface area contributed by atoms with Crippen molar-refractivity contribution in [3.8, 4) is 0 Å². The zero-order valence-electron chi connectivity index (χ0n) is 44.3. The van der Waals surface area contributed by atoms with E-state index < -0.39 is 114 Å². The summed E-state index contributed by atoms with van der Waals surface area (Å²) in [7, 11) is 1.23. The first kappa shape index (κ1) is 60.5. The van der Waals surface area contributed by atoms with Crippen LogP contribution in [0, 0.1) is 17.8 Å². The van der Waals surface area contributed by atoms with Crippen LogP contribution in [0.15, 0.2) is 91.0 Å². The molecule has 3 aromatic rings. The highest BCUT2D eigenvalue weighted by atomic mass is 16.6. The van der Waals surface area contributed by atoms with E-state index in [0.29, 0.717) is 17.5 Å². The third-order valence-electron chi connectivity index (χ3n) is 11.6. The van der Waals surface area contributed by atoms with Crippen LogP contribution in [0.2, 0.25) is 0 Å². The molecule has 0 aromatic heterocycles. The standard InChI is InChI=1S/C55H79N7O11/c1-33(2)27-40(45(63)32-46(64)57-41(29-37-21-15-12-16-22-37)51(68)62-47(35(5)6)52(69)60-44(28-34(3)4)53(70)72-11)58-48(65)36(7)56-49(66)42(30-38-23-17-13-18-24-38)59-50(67)43(31-39-25-19-14-20-26-39)61-54(71)73-55(8,9)10/h12-26,33-36,40-45,47,63H,27-32H2,1-11H3,(H,56,66)(H,57,64)(H,58,65)(H,59,67)(H,60,69)(H,61,71)(H,62,68)/t36-,40-,41-,42-,43-,44-,45-,47-/m0/s1. The summed E-state index contributed by atoms with van der Waals surface area (Å²) in [5.74, 6) is -5.13. The largest absolute Gasteiger partial charge is 0.467 e. The van der Waals surface area contributed by atoms with Gasteiger partial charge in [-0.1, -0.05) is 133 Å². The number of amides is 7. The molecule has 0 aliphatic heterocycles. The number of aliphatic hydroxyl groups is 1. The van der Waals surface area contributed by atoms with Crippen LogP contribution in [0.1, 0.15) is 105 Å². The molecule has 3 rings (SSSR count). The summed E-state index contributed by atoms with van der Waals surface area (Å²) in [5.41, 5.74) is 1.30. The summed E-state index contributed by atoms with van der Waals surface area (Å²) < 4.78 is 10.3. The van der Waals surface area contributed by atoms with E-state index in [1.54, 1.807) is 120 Å². The molecule has 8 N–H and O–H groups in total. The smallest absolute Gasteiger partial charge is 0.408 e. The Morgan fingerprint density at radius 1 is 0.507 bits per heavy atom. The zero-order chi connectivity index (χ0) is 54.4. The van der Waals surface area contributed by atoms with Crippen molar-refractivity contribution in [1.82, 2.24) is 37.2 Å². The van der Waals surface area contributed by atoms with E-state index in [4.69, 9.17) is 9.47 Å². The van der Waals surface area contributed by atoms with E-state index in [-0.39, 0.29) is 37.5 Å². The molecule has 0 bridgehead atoms. The molecule has 7 amide bonds. The van der Waals surface area contributed by atoms with Crippen LogP contribution < -0.4 is 37.2 Å². The van der Waals surface area contributed by atoms with Gasteiger partial charge in [-0.25, -0.2) is 9.59 Å². The van der Waals surface area contributed by atoms with E-state index >= 15 is 0 Å². The van der Waals surface area contributed by atoms with Gasteiger partial charge in [0.05, 0.1) is 25.7 Å². The summed E-state index contributed by atoms with van der Waals surface area (Å²) in [6.45, 7) is 17.5. The summed E-state index contributed by atoms with van der Waals surface area (Å²) in [6.07, 6.45) is -2.13. The molecule has 0 spiro atoms.